The third-order valence-corrected chi connectivity index (χ3v) is 2.82. The molecule has 4 heteroatoms. The fourth-order valence-corrected chi connectivity index (χ4v) is 1.86. The van der Waals surface area contributed by atoms with E-state index in [9.17, 15) is 4.79 Å². The second kappa shape index (κ2) is 6.13. The third kappa shape index (κ3) is 2.99. The van der Waals surface area contributed by atoms with Crippen molar-refractivity contribution in [2.45, 2.75) is 6.23 Å². The smallest absolute Gasteiger partial charge is 0.270 e. The van der Waals surface area contributed by atoms with E-state index in [-0.39, 0.29) is 5.91 Å². The number of carbonyl (C=O) groups excluding carboxylic acids is 1. The van der Waals surface area contributed by atoms with Crippen molar-refractivity contribution in [1.29, 1.82) is 0 Å². The number of carbonyl (C=O) groups is 1. The highest BCUT2D eigenvalue weighted by molar-refractivity contribution is 5.93. The average Bonchev–Trinajstić information content (AvgIpc) is 2.49. The summed E-state index contributed by atoms with van der Waals surface area (Å²) in [5.41, 5.74) is 1.36. The Hall–Kier alpha value is -2.17. The molecule has 1 amide bonds. The average molecular weight is 256 g/mol. The summed E-state index contributed by atoms with van der Waals surface area (Å²) in [7, 11) is 1.52. The quantitative estimate of drug-likeness (QED) is 0.395. The van der Waals surface area contributed by atoms with Gasteiger partial charge in [-0.3, -0.25) is 4.79 Å². The molecule has 0 spiro atoms. The van der Waals surface area contributed by atoms with Gasteiger partial charge in [0.25, 0.3) is 5.91 Å². The second-order valence-corrected chi connectivity index (χ2v) is 4.08. The van der Waals surface area contributed by atoms with Crippen molar-refractivity contribution in [3.8, 4) is 0 Å². The summed E-state index contributed by atoms with van der Waals surface area (Å²) in [4.78, 5) is 12.2. The predicted molar refractivity (Wildman–Crippen MR) is 73.0 cm³/mol. The van der Waals surface area contributed by atoms with E-state index in [0.717, 1.165) is 10.6 Å². The minimum Gasteiger partial charge on any atom is -0.356 e. The molecule has 2 rings (SSSR count). The molecule has 0 heterocycles. The zero-order chi connectivity index (χ0) is 13.7. The lowest BCUT2D eigenvalue weighted by atomic mass is 10.1. The highest BCUT2D eigenvalue weighted by Gasteiger charge is 2.22. The number of ether oxygens (including phenoxy) is 1. The fourth-order valence-electron chi connectivity index (χ4n) is 1.86. The van der Waals surface area contributed by atoms with Crippen LogP contribution >= 0.6 is 0 Å². The summed E-state index contributed by atoms with van der Waals surface area (Å²) in [5.74, 6) is 5.61. The topological polar surface area (TPSA) is 55.6 Å². The molecule has 1 atom stereocenters. The number of nitrogens with zero attached hydrogens (tertiary/aromatic N) is 1. The molecule has 19 heavy (non-hydrogen) atoms. The maximum Gasteiger partial charge on any atom is 0.270 e. The van der Waals surface area contributed by atoms with E-state index in [0.29, 0.717) is 5.56 Å². The van der Waals surface area contributed by atoms with Crippen molar-refractivity contribution in [2.75, 3.05) is 7.11 Å². The van der Waals surface area contributed by atoms with E-state index < -0.39 is 6.23 Å². The maximum absolute atomic E-state index is 12.2. The standard InChI is InChI=1S/C15H16N2O2/c1-19-15(13-10-6-3-7-11-13)17(16)14(18)12-8-4-2-5-9-12/h2-11,15H,16H2,1H3. The molecule has 2 aromatic rings. The van der Waals surface area contributed by atoms with E-state index in [2.05, 4.69) is 0 Å². The van der Waals surface area contributed by atoms with Gasteiger partial charge in [-0.25, -0.2) is 10.9 Å². The normalized spacial score (nSPS) is 11.9. The Labute approximate surface area is 112 Å². The molecule has 2 N–H and O–H groups in total. The van der Waals surface area contributed by atoms with Gasteiger partial charge in [0.15, 0.2) is 6.23 Å². The molecule has 0 saturated carbocycles. The highest BCUT2D eigenvalue weighted by Crippen LogP contribution is 2.20. The zero-order valence-electron chi connectivity index (χ0n) is 10.7. The van der Waals surface area contributed by atoms with Crippen LogP contribution in [0.2, 0.25) is 0 Å². The molecule has 0 fully saturated rings. The lowest BCUT2D eigenvalue weighted by molar-refractivity contribution is -0.0234. The Kier molecular flexibility index (Phi) is 4.28. The van der Waals surface area contributed by atoms with E-state index in [1.165, 1.54) is 7.11 Å². The summed E-state index contributed by atoms with van der Waals surface area (Å²) in [6.07, 6.45) is -0.603. The molecule has 2 aromatic carbocycles. The van der Waals surface area contributed by atoms with Crippen LogP contribution in [0.3, 0.4) is 0 Å². The second-order valence-electron chi connectivity index (χ2n) is 4.08. The van der Waals surface area contributed by atoms with E-state index >= 15 is 0 Å². The fraction of sp³-hybridized carbons (Fsp3) is 0.133. The molecule has 1 unspecified atom stereocenters. The molecule has 0 saturated heterocycles. The third-order valence-electron chi connectivity index (χ3n) is 2.82. The molecular weight excluding hydrogens is 240 g/mol. The van der Waals surface area contributed by atoms with Crippen molar-refractivity contribution in [3.63, 3.8) is 0 Å². The summed E-state index contributed by atoms with van der Waals surface area (Å²) in [5, 5.41) is 1.10. The summed E-state index contributed by atoms with van der Waals surface area (Å²) >= 11 is 0. The van der Waals surface area contributed by atoms with E-state index in [4.69, 9.17) is 10.6 Å². The first-order valence-corrected chi connectivity index (χ1v) is 5.95. The van der Waals surface area contributed by atoms with Gasteiger partial charge in [-0.05, 0) is 12.1 Å². The number of nitrogens with two attached hydrogens (primary N) is 1. The summed E-state index contributed by atoms with van der Waals surface area (Å²) in [6.45, 7) is 0. The Morgan fingerprint density at radius 3 is 2.11 bits per heavy atom. The van der Waals surface area contributed by atoms with Gasteiger partial charge in [0.05, 0.1) is 0 Å². The number of amides is 1. The largest absolute Gasteiger partial charge is 0.356 e. The highest BCUT2D eigenvalue weighted by atomic mass is 16.5. The van der Waals surface area contributed by atoms with Gasteiger partial charge in [-0.15, -0.1) is 0 Å². The van der Waals surface area contributed by atoms with Crippen molar-refractivity contribution >= 4 is 5.91 Å². The number of hydrazine groups is 1. The van der Waals surface area contributed by atoms with Crippen LogP contribution in [-0.4, -0.2) is 18.0 Å². The molecule has 0 radical (unpaired) electrons. The van der Waals surface area contributed by atoms with Crippen LogP contribution < -0.4 is 5.84 Å². The van der Waals surface area contributed by atoms with Crippen LogP contribution in [0.25, 0.3) is 0 Å². The van der Waals surface area contributed by atoms with Gasteiger partial charge < -0.3 is 4.74 Å². The van der Waals surface area contributed by atoms with E-state index in [1.807, 2.05) is 36.4 Å². The Morgan fingerprint density at radius 1 is 1.05 bits per heavy atom. The Balaban J connectivity index is 2.22. The van der Waals surface area contributed by atoms with Crippen molar-refractivity contribution in [1.82, 2.24) is 5.01 Å². The number of hydrogen-bond acceptors (Lipinski definition) is 3. The predicted octanol–water partition coefficient (Wildman–Crippen LogP) is 2.35. The number of hydrogen-bond donors (Lipinski definition) is 1. The molecule has 4 nitrogen and oxygen atoms in total. The monoisotopic (exact) mass is 256 g/mol. The number of rotatable bonds is 4. The van der Waals surface area contributed by atoms with Crippen molar-refractivity contribution in [3.05, 3.63) is 71.8 Å². The van der Waals surface area contributed by atoms with Gasteiger partial charge in [0.1, 0.15) is 0 Å². The Morgan fingerprint density at radius 2 is 1.58 bits per heavy atom. The molecular formula is C15H16N2O2. The van der Waals surface area contributed by atoms with Crippen LogP contribution in [0, 0.1) is 0 Å². The first-order valence-electron chi connectivity index (χ1n) is 5.95. The van der Waals surface area contributed by atoms with Crippen LogP contribution in [0.1, 0.15) is 22.1 Å². The van der Waals surface area contributed by atoms with Gasteiger partial charge >= 0.3 is 0 Å². The minimum atomic E-state index is -0.603. The van der Waals surface area contributed by atoms with Gasteiger partial charge in [0, 0.05) is 18.2 Å². The SMILES string of the molecule is COC(c1ccccc1)N(N)C(=O)c1ccccc1. The molecule has 0 aromatic heterocycles. The van der Waals surface area contributed by atoms with Crippen LogP contribution in [0.5, 0.6) is 0 Å². The van der Waals surface area contributed by atoms with Crippen molar-refractivity contribution < 1.29 is 9.53 Å². The summed E-state index contributed by atoms with van der Waals surface area (Å²) < 4.78 is 5.32. The maximum atomic E-state index is 12.2. The van der Waals surface area contributed by atoms with E-state index in [1.54, 1.807) is 24.3 Å². The first kappa shape index (κ1) is 13.3. The summed E-state index contributed by atoms with van der Waals surface area (Å²) in [6, 6.07) is 18.3. The van der Waals surface area contributed by atoms with Crippen LogP contribution in [-0.2, 0) is 4.74 Å². The number of benzene rings is 2. The molecule has 0 aliphatic rings. The van der Waals surface area contributed by atoms with Crippen molar-refractivity contribution in [2.24, 2.45) is 5.84 Å². The molecule has 0 bridgehead atoms. The lowest BCUT2D eigenvalue weighted by Gasteiger charge is -2.26. The Bertz CT molecular complexity index is 528. The van der Waals surface area contributed by atoms with Gasteiger partial charge in [0.2, 0.25) is 0 Å². The van der Waals surface area contributed by atoms with Crippen LogP contribution in [0.4, 0.5) is 0 Å². The lowest BCUT2D eigenvalue weighted by Crippen LogP contribution is -2.41. The van der Waals surface area contributed by atoms with Gasteiger partial charge in [-0.2, -0.15) is 0 Å². The van der Waals surface area contributed by atoms with Gasteiger partial charge in [-0.1, -0.05) is 48.5 Å². The minimum absolute atomic E-state index is 0.281. The van der Waals surface area contributed by atoms with Crippen LogP contribution in [0.15, 0.2) is 60.7 Å². The number of methoxy groups -OCH3 is 1. The zero-order valence-corrected chi connectivity index (χ0v) is 10.7. The first-order chi connectivity index (χ1) is 9.24. The molecule has 98 valence electrons. The molecule has 0 aliphatic heterocycles. The molecule has 0 aliphatic carbocycles.